The molecule has 21 heavy (non-hydrogen) atoms. The predicted octanol–water partition coefficient (Wildman–Crippen LogP) is 2.26. The zero-order valence-corrected chi connectivity index (χ0v) is 13.0. The summed E-state index contributed by atoms with van der Waals surface area (Å²) in [7, 11) is 5.73. The first kappa shape index (κ1) is 15.7. The fraction of sp³-hybridized carbons (Fsp3) is 0.562. The Morgan fingerprint density at radius 1 is 1.29 bits per heavy atom. The number of carbonyl (C=O) groups excluding carboxylic acids is 1. The van der Waals surface area contributed by atoms with Crippen LogP contribution in [0.15, 0.2) is 24.3 Å². The minimum atomic E-state index is -0.452. The Kier molecular flexibility index (Phi) is 4.81. The van der Waals surface area contributed by atoms with Gasteiger partial charge in [-0.2, -0.15) is 0 Å². The molecule has 1 fully saturated rings. The van der Waals surface area contributed by atoms with E-state index >= 15 is 0 Å². The summed E-state index contributed by atoms with van der Waals surface area (Å²) >= 11 is 0. The second kappa shape index (κ2) is 6.42. The lowest BCUT2D eigenvalue weighted by Gasteiger charge is -2.33. The monoisotopic (exact) mass is 287 g/mol. The molecule has 0 aromatic heterocycles. The molecule has 0 spiro atoms. The SMILES string of the molecule is [B]c1cccc(OC2CCN(C(=O)OC(C)(C)C)CC2)c1. The van der Waals surface area contributed by atoms with Crippen LogP contribution in [0.2, 0.25) is 0 Å². The highest BCUT2D eigenvalue weighted by atomic mass is 16.6. The Morgan fingerprint density at radius 2 is 1.95 bits per heavy atom. The first-order valence-electron chi connectivity index (χ1n) is 7.33. The van der Waals surface area contributed by atoms with Crippen LogP contribution in [0.1, 0.15) is 33.6 Å². The Morgan fingerprint density at radius 3 is 2.52 bits per heavy atom. The van der Waals surface area contributed by atoms with E-state index in [1.165, 1.54) is 0 Å². The maximum Gasteiger partial charge on any atom is 0.410 e. The van der Waals surface area contributed by atoms with Crippen molar-refractivity contribution in [3.8, 4) is 5.75 Å². The van der Waals surface area contributed by atoms with Crippen molar-refractivity contribution in [2.45, 2.75) is 45.3 Å². The molecule has 0 N–H and O–H groups in total. The van der Waals surface area contributed by atoms with Gasteiger partial charge in [0.05, 0.1) is 0 Å². The van der Waals surface area contributed by atoms with Gasteiger partial charge < -0.3 is 14.4 Å². The highest BCUT2D eigenvalue weighted by molar-refractivity contribution is 6.32. The molecule has 0 saturated carbocycles. The van der Waals surface area contributed by atoms with Crippen LogP contribution in [0.4, 0.5) is 4.79 Å². The molecule has 1 saturated heterocycles. The summed E-state index contributed by atoms with van der Waals surface area (Å²) in [5.41, 5.74) is 0.241. The summed E-state index contributed by atoms with van der Waals surface area (Å²) in [6.07, 6.45) is 1.47. The maximum atomic E-state index is 12.0. The van der Waals surface area contributed by atoms with Gasteiger partial charge in [0.25, 0.3) is 0 Å². The molecule has 1 aliphatic rings. The number of benzene rings is 1. The van der Waals surface area contributed by atoms with E-state index in [4.69, 9.17) is 17.3 Å². The average Bonchev–Trinajstić information content (AvgIpc) is 2.37. The van der Waals surface area contributed by atoms with Crippen molar-refractivity contribution in [1.82, 2.24) is 4.90 Å². The van der Waals surface area contributed by atoms with Crippen LogP contribution in [0.3, 0.4) is 0 Å². The Bertz CT molecular complexity index is 491. The van der Waals surface area contributed by atoms with Gasteiger partial charge in [0.15, 0.2) is 0 Å². The fourth-order valence-electron chi connectivity index (χ4n) is 2.26. The number of piperidine rings is 1. The van der Waals surface area contributed by atoms with Crippen molar-refractivity contribution in [2.75, 3.05) is 13.1 Å². The minimum absolute atomic E-state index is 0.116. The number of nitrogens with zero attached hydrogens (tertiary/aromatic N) is 1. The molecule has 5 heteroatoms. The van der Waals surface area contributed by atoms with Crippen LogP contribution < -0.4 is 10.2 Å². The Balaban J connectivity index is 1.82. The molecule has 0 atom stereocenters. The fourth-order valence-corrected chi connectivity index (χ4v) is 2.26. The lowest BCUT2D eigenvalue weighted by Crippen LogP contribution is -2.44. The molecule has 0 unspecified atom stereocenters. The second-order valence-corrected chi connectivity index (χ2v) is 6.36. The summed E-state index contributed by atoms with van der Waals surface area (Å²) in [6.45, 7) is 6.94. The lowest BCUT2D eigenvalue weighted by atomic mass is 9.96. The zero-order chi connectivity index (χ0) is 15.5. The van der Waals surface area contributed by atoms with Crippen LogP contribution in [-0.4, -0.2) is 43.6 Å². The van der Waals surface area contributed by atoms with E-state index in [2.05, 4.69) is 0 Å². The molecule has 4 nitrogen and oxygen atoms in total. The largest absolute Gasteiger partial charge is 0.490 e. The number of carbonyl (C=O) groups is 1. The number of rotatable bonds is 2. The highest BCUT2D eigenvalue weighted by Gasteiger charge is 2.27. The summed E-state index contributed by atoms with van der Waals surface area (Å²) in [6, 6.07) is 7.43. The third kappa shape index (κ3) is 4.99. The third-order valence-electron chi connectivity index (χ3n) is 3.25. The van der Waals surface area contributed by atoms with Crippen molar-refractivity contribution < 1.29 is 14.3 Å². The number of ether oxygens (including phenoxy) is 2. The molecular formula is C16H22BNO3. The van der Waals surface area contributed by atoms with Crippen molar-refractivity contribution in [3.05, 3.63) is 24.3 Å². The van der Waals surface area contributed by atoms with Crippen LogP contribution in [0.5, 0.6) is 5.75 Å². The molecule has 1 heterocycles. The molecule has 1 aromatic carbocycles. The summed E-state index contributed by atoms with van der Waals surface area (Å²) < 4.78 is 11.3. The van der Waals surface area contributed by atoms with Gasteiger partial charge in [-0.25, -0.2) is 4.79 Å². The van der Waals surface area contributed by atoms with Crippen molar-refractivity contribution in [3.63, 3.8) is 0 Å². The highest BCUT2D eigenvalue weighted by Crippen LogP contribution is 2.19. The lowest BCUT2D eigenvalue weighted by molar-refractivity contribution is 0.0127. The van der Waals surface area contributed by atoms with Crippen molar-refractivity contribution in [1.29, 1.82) is 0 Å². The van der Waals surface area contributed by atoms with Crippen molar-refractivity contribution >= 4 is 19.4 Å². The average molecular weight is 287 g/mol. The number of amides is 1. The number of hydrogen-bond donors (Lipinski definition) is 0. The topological polar surface area (TPSA) is 38.8 Å². The Labute approximate surface area is 127 Å². The number of likely N-dealkylation sites (tertiary alicyclic amines) is 1. The van der Waals surface area contributed by atoms with E-state index in [9.17, 15) is 4.79 Å². The molecule has 0 bridgehead atoms. The van der Waals surface area contributed by atoms with E-state index in [1.807, 2.05) is 45.0 Å². The van der Waals surface area contributed by atoms with E-state index < -0.39 is 5.60 Å². The Hall–Kier alpha value is -1.65. The van der Waals surface area contributed by atoms with Gasteiger partial charge >= 0.3 is 6.09 Å². The minimum Gasteiger partial charge on any atom is -0.490 e. The van der Waals surface area contributed by atoms with Crippen LogP contribution in [-0.2, 0) is 4.74 Å². The molecule has 1 aliphatic heterocycles. The zero-order valence-electron chi connectivity index (χ0n) is 13.0. The predicted molar refractivity (Wildman–Crippen MR) is 83.3 cm³/mol. The molecular weight excluding hydrogens is 265 g/mol. The molecule has 2 rings (SSSR count). The van der Waals surface area contributed by atoms with Crippen LogP contribution >= 0.6 is 0 Å². The first-order chi connectivity index (χ1) is 9.83. The quantitative estimate of drug-likeness (QED) is 0.783. The van der Waals surface area contributed by atoms with Gasteiger partial charge in [-0.1, -0.05) is 17.6 Å². The van der Waals surface area contributed by atoms with Gasteiger partial charge in [-0.3, -0.25) is 0 Å². The number of hydrogen-bond acceptors (Lipinski definition) is 3. The molecule has 1 amide bonds. The normalized spacial score (nSPS) is 16.6. The second-order valence-electron chi connectivity index (χ2n) is 6.36. The smallest absolute Gasteiger partial charge is 0.410 e. The third-order valence-corrected chi connectivity index (χ3v) is 3.25. The van der Waals surface area contributed by atoms with E-state index in [0.717, 1.165) is 18.6 Å². The van der Waals surface area contributed by atoms with E-state index in [-0.39, 0.29) is 12.2 Å². The standard InChI is InChI=1S/C16H22BNO3/c1-16(2,3)21-15(19)18-9-7-13(8-10-18)20-14-6-4-5-12(17)11-14/h4-6,11,13H,7-10H2,1-3H3. The van der Waals surface area contributed by atoms with Gasteiger partial charge in [-0.15, -0.1) is 0 Å². The molecule has 0 aliphatic carbocycles. The van der Waals surface area contributed by atoms with E-state index in [0.29, 0.717) is 18.6 Å². The van der Waals surface area contributed by atoms with Gasteiger partial charge in [0, 0.05) is 25.9 Å². The summed E-state index contributed by atoms with van der Waals surface area (Å²) in [5, 5.41) is 0. The molecule has 1 aromatic rings. The van der Waals surface area contributed by atoms with E-state index in [1.54, 1.807) is 4.90 Å². The molecule has 112 valence electrons. The first-order valence-corrected chi connectivity index (χ1v) is 7.33. The molecule has 2 radical (unpaired) electrons. The maximum absolute atomic E-state index is 12.0. The summed E-state index contributed by atoms with van der Waals surface area (Å²) in [5.74, 6) is 0.783. The van der Waals surface area contributed by atoms with Crippen molar-refractivity contribution in [2.24, 2.45) is 0 Å². The van der Waals surface area contributed by atoms with Gasteiger partial charge in [-0.05, 0) is 32.9 Å². The summed E-state index contributed by atoms with van der Waals surface area (Å²) in [4.78, 5) is 13.7. The van der Waals surface area contributed by atoms with Crippen LogP contribution in [0.25, 0.3) is 0 Å². The van der Waals surface area contributed by atoms with Gasteiger partial charge in [0.2, 0.25) is 0 Å². The van der Waals surface area contributed by atoms with Crippen LogP contribution in [0, 0.1) is 0 Å². The van der Waals surface area contributed by atoms with Gasteiger partial charge in [0.1, 0.15) is 25.3 Å².